The number of amides is 1. The van der Waals surface area contributed by atoms with Crippen molar-refractivity contribution in [1.82, 2.24) is 0 Å². The van der Waals surface area contributed by atoms with Gasteiger partial charge in [0.2, 0.25) is 0 Å². The summed E-state index contributed by atoms with van der Waals surface area (Å²) < 4.78 is 11.4. The zero-order valence-electron chi connectivity index (χ0n) is 16.4. The lowest BCUT2D eigenvalue weighted by atomic mass is 9.93. The van der Waals surface area contributed by atoms with Crippen molar-refractivity contribution >= 4 is 52.4 Å². The topological polar surface area (TPSA) is 84.9 Å². The summed E-state index contributed by atoms with van der Waals surface area (Å²) in [7, 11) is 0. The fraction of sp³-hybridized carbons (Fsp3) is 0.130. The minimum atomic E-state index is -0.970. The van der Waals surface area contributed by atoms with Crippen LogP contribution in [0.25, 0.3) is 0 Å². The number of benzene rings is 3. The first kappa shape index (κ1) is 22.3. The number of carbonyl (C=O) groups is 2. The molecule has 0 aromatic heterocycles. The number of anilines is 1. The van der Waals surface area contributed by atoms with Crippen molar-refractivity contribution in [3.63, 3.8) is 0 Å². The zero-order chi connectivity index (χ0) is 22.8. The third-order valence-electron chi connectivity index (χ3n) is 4.92. The Hall–Kier alpha value is -2.93. The van der Waals surface area contributed by atoms with E-state index in [0.717, 1.165) is 0 Å². The molecular weight excluding hydrogens is 477 g/mol. The fourth-order valence-corrected chi connectivity index (χ4v) is 4.05. The van der Waals surface area contributed by atoms with Gasteiger partial charge in [-0.3, -0.25) is 9.59 Å². The van der Waals surface area contributed by atoms with Crippen LogP contribution >= 0.6 is 34.8 Å². The number of carboxylic acid groups (broad SMARTS) is 1. The molecule has 0 aliphatic carbocycles. The number of rotatable bonds is 5. The molecule has 6 nitrogen and oxygen atoms in total. The van der Waals surface area contributed by atoms with Gasteiger partial charge in [-0.1, -0.05) is 34.8 Å². The van der Waals surface area contributed by atoms with Gasteiger partial charge in [0.1, 0.15) is 16.5 Å². The summed E-state index contributed by atoms with van der Waals surface area (Å²) in [6, 6.07) is 14.7. The van der Waals surface area contributed by atoms with Gasteiger partial charge < -0.3 is 19.9 Å². The Morgan fingerprint density at radius 3 is 2.38 bits per heavy atom. The van der Waals surface area contributed by atoms with Crippen LogP contribution in [0.4, 0.5) is 5.69 Å². The number of fused-ring (bicyclic) bond motifs is 1. The van der Waals surface area contributed by atoms with E-state index >= 15 is 0 Å². The van der Waals surface area contributed by atoms with Crippen LogP contribution in [0.1, 0.15) is 28.3 Å². The van der Waals surface area contributed by atoms with Gasteiger partial charge in [-0.25, -0.2) is 0 Å². The number of hydrogen-bond acceptors (Lipinski definition) is 4. The van der Waals surface area contributed by atoms with Crippen molar-refractivity contribution < 1.29 is 24.2 Å². The molecule has 0 spiro atoms. The maximum absolute atomic E-state index is 12.4. The van der Waals surface area contributed by atoms with Crippen LogP contribution in [0.2, 0.25) is 15.1 Å². The summed E-state index contributed by atoms with van der Waals surface area (Å²) in [6.45, 7) is 0.224. The average Bonchev–Trinajstić information content (AvgIpc) is 2.78. The first-order chi connectivity index (χ1) is 15.3. The van der Waals surface area contributed by atoms with Gasteiger partial charge in [-0.15, -0.1) is 0 Å². The molecule has 0 fully saturated rings. The normalized spacial score (nSPS) is 14.8. The molecule has 1 unspecified atom stereocenters. The Morgan fingerprint density at radius 1 is 1.03 bits per heavy atom. The molecule has 3 aromatic rings. The van der Waals surface area contributed by atoms with E-state index in [1.807, 2.05) is 0 Å². The number of carboxylic acids is 1. The molecule has 0 saturated carbocycles. The summed E-state index contributed by atoms with van der Waals surface area (Å²) in [5, 5.41) is 13.0. The lowest BCUT2D eigenvalue weighted by Gasteiger charge is -2.25. The molecule has 2 N–H and O–H groups in total. The van der Waals surface area contributed by atoms with Gasteiger partial charge in [-0.2, -0.15) is 0 Å². The molecule has 3 aromatic carbocycles. The van der Waals surface area contributed by atoms with Gasteiger partial charge in [0, 0.05) is 21.8 Å². The highest BCUT2D eigenvalue weighted by Gasteiger charge is 2.32. The summed E-state index contributed by atoms with van der Waals surface area (Å²) in [5.41, 5.74) is 1.45. The standard InChI is InChI=1S/C23H16Cl3NO5/c24-13-3-5-14(6-4-13)27-22(28)12-1-7-15(8-2-12)32-21-18(25)11-17-16(23(29)30)9-10-31-20(17)19(21)26/h1-8,11,16H,9-10H2,(H,27,28)(H,29,30). The number of ether oxygens (including phenoxy) is 2. The first-order valence-electron chi connectivity index (χ1n) is 9.56. The lowest BCUT2D eigenvalue weighted by Crippen LogP contribution is -2.21. The second-order valence-electron chi connectivity index (χ2n) is 7.04. The molecule has 32 heavy (non-hydrogen) atoms. The van der Waals surface area contributed by atoms with E-state index in [4.69, 9.17) is 44.3 Å². The lowest BCUT2D eigenvalue weighted by molar-refractivity contribution is -0.139. The highest BCUT2D eigenvalue weighted by Crippen LogP contribution is 2.48. The average molecular weight is 493 g/mol. The molecule has 0 radical (unpaired) electrons. The Kier molecular flexibility index (Phi) is 6.46. The summed E-state index contributed by atoms with van der Waals surface area (Å²) in [6.07, 6.45) is 0.328. The number of nitrogens with one attached hydrogen (secondary N) is 1. The van der Waals surface area contributed by atoms with Crippen molar-refractivity contribution in [1.29, 1.82) is 0 Å². The largest absolute Gasteiger partial charge is 0.492 e. The van der Waals surface area contributed by atoms with E-state index in [1.165, 1.54) is 6.07 Å². The van der Waals surface area contributed by atoms with Crippen molar-refractivity contribution in [3.8, 4) is 17.2 Å². The number of hydrogen-bond donors (Lipinski definition) is 2. The van der Waals surface area contributed by atoms with Gasteiger partial charge in [0.15, 0.2) is 5.75 Å². The SMILES string of the molecule is O=C(Nc1ccc(Cl)cc1)c1ccc(Oc2c(Cl)cc3c(c2Cl)OCCC3C(=O)O)cc1. The molecule has 0 saturated heterocycles. The zero-order valence-corrected chi connectivity index (χ0v) is 18.7. The van der Waals surface area contributed by atoms with E-state index in [9.17, 15) is 14.7 Å². The molecule has 1 heterocycles. The highest BCUT2D eigenvalue weighted by molar-refractivity contribution is 6.38. The van der Waals surface area contributed by atoms with E-state index in [2.05, 4.69) is 5.32 Å². The van der Waals surface area contributed by atoms with Gasteiger partial charge in [-0.05, 0) is 61.0 Å². The third-order valence-corrected chi connectivity index (χ3v) is 5.80. The molecule has 1 amide bonds. The Balaban J connectivity index is 1.53. The molecule has 164 valence electrons. The van der Waals surface area contributed by atoms with Crippen LogP contribution in [0.5, 0.6) is 17.2 Å². The highest BCUT2D eigenvalue weighted by atomic mass is 35.5. The second-order valence-corrected chi connectivity index (χ2v) is 8.26. The Labute approximate surface area is 198 Å². The molecule has 1 aliphatic rings. The second kappa shape index (κ2) is 9.28. The Morgan fingerprint density at radius 2 is 1.72 bits per heavy atom. The maximum Gasteiger partial charge on any atom is 0.311 e. The summed E-state index contributed by atoms with van der Waals surface area (Å²) >= 11 is 18.6. The molecule has 1 atom stereocenters. The van der Waals surface area contributed by atoms with Crippen molar-refractivity contribution in [2.75, 3.05) is 11.9 Å². The van der Waals surface area contributed by atoms with E-state index in [0.29, 0.717) is 34.0 Å². The third kappa shape index (κ3) is 4.63. The van der Waals surface area contributed by atoms with Crippen molar-refractivity contribution in [2.24, 2.45) is 0 Å². The van der Waals surface area contributed by atoms with Gasteiger partial charge in [0.25, 0.3) is 5.91 Å². The predicted molar refractivity (Wildman–Crippen MR) is 123 cm³/mol. The number of carbonyl (C=O) groups excluding carboxylic acids is 1. The van der Waals surface area contributed by atoms with Crippen molar-refractivity contribution in [2.45, 2.75) is 12.3 Å². The minimum absolute atomic E-state index is 0.100. The van der Waals surface area contributed by atoms with Crippen LogP contribution in [-0.4, -0.2) is 23.6 Å². The van der Waals surface area contributed by atoms with Gasteiger partial charge >= 0.3 is 5.97 Å². The summed E-state index contributed by atoms with van der Waals surface area (Å²) in [4.78, 5) is 24.0. The van der Waals surface area contributed by atoms with Crippen LogP contribution in [0.3, 0.4) is 0 Å². The first-order valence-corrected chi connectivity index (χ1v) is 10.7. The molecule has 1 aliphatic heterocycles. The van der Waals surface area contributed by atoms with E-state index < -0.39 is 11.9 Å². The molecule has 0 bridgehead atoms. The van der Waals surface area contributed by atoms with Crippen LogP contribution in [0.15, 0.2) is 54.6 Å². The van der Waals surface area contributed by atoms with Crippen LogP contribution < -0.4 is 14.8 Å². The quantitative estimate of drug-likeness (QED) is 0.417. The molecule has 4 rings (SSSR count). The fourth-order valence-electron chi connectivity index (χ4n) is 3.32. The van der Waals surface area contributed by atoms with Crippen molar-refractivity contribution in [3.05, 3.63) is 80.8 Å². The number of halogens is 3. The van der Waals surface area contributed by atoms with E-state index in [-0.39, 0.29) is 34.1 Å². The smallest absolute Gasteiger partial charge is 0.311 e. The molecule has 9 heteroatoms. The molecular formula is C23H16Cl3NO5. The predicted octanol–water partition coefficient (Wildman–Crippen LogP) is 6.64. The van der Waals surface area contributed by atoms with Crippen LogP contribution in [-0.2, 0) is 4.79 Å². The van der Waals surface area contributed by atoms with E-state index in [1.54, 1.807) is 48.5 Å². The number of aliphatic carboxylic acids is 1. The van der Waals surface area contributed by atoms with Crippen LogP contribution in [0, 0.1) is 0 Å². The monoisotopic (exact) mass is 491 g/mol. The minimum Gasteiger partial charge on any atom is -0.492 e. The Bertz CT molecular complexity index is 1180. The maximum atomic E-state index is 12.4. The van der Waals surface area contributed by atoms with Gasteiger partial charge in [0.05, 0.1) is 17.5 Å². The summed E-state index contributed by atoms with van der Waals surface area (Å²) in [5.74, 6) is -1.22.